The van der Waals surface area contributed by atoms with E-state index in [4.69, 9.17) is 11.5 Å². The van der Waals surface area contributed by atoms with Crippen molar-refractivity contribution in [3.8, 4) is 0 Å². The summed E-state index contributed by atoms with van der Waals surface area (Å²) in [5.41, 5.74) is 11.9. The van der Waals surface area contributed by atoms with Crippen molar-refractivity contribution >= 4 is 11.8 Å². The SMILES string of the molecule is NC(=O)CCNC(=O)C(N)CCc1ccccc1. The number of carbonyl (C=O) groups is 2. The lowest BCUT2D eigenvalue weighted by molar-refractivity contribution is -0.122. The third-order valence-electron chi connectivity index (χ3n) is 2.59. The van der Waals surface area contributed by atoms with E-state index >= 15 is 0 Å². The van der Waals surface area contributed by atoms with E-state index in [0.29, 0.717) is 6.42 Å². The van der Waals surface area contributed by atoms with Gasteiger partial charge in [-0.3, -0.25) is 9.59 Å². The first-order valence-corrected chi connectivity index (χ1v) is 5.95. The molecule has 5 heteroatoms. The molecule has 18 heavy (non-hydrogen) atoms. The molecule has 1 aromatic rings. The molecule has 0 saturated heterocycles. The summed E-state index contributed by atoms with van der Waals surface area (Å²) in [6.45, 7) is 0.243. The largest absolute Gasteiger partial charge is 0.370 e. The second-order valence-corrected chi connectivity index (χ2v) is 4.14. The molecule has 1 atom stereocenters. The van der Waals surface area contributed by atoms with Crippen molar-refractivity contribution in [1.29, 1.82) is 0 Å². The molecule has 0 aliphatic carbocycles. The zero-order chi connectivity index (χ0) is 13.4. The van der Waals surface area contributed by atoms with Gasteiger partial charge in [-0.25, -0.2) is 0 Å². The Labute approximate surface area is 107 Å². The van der Waals surface area contributed by atoms with Crippen molar-refractivity contribution in [1.82, 2.24) is 5.32 Å². The number of nitrogens with one attached hydrogen (secondary N) is 1. The van der Waals surface area contributed by atoms with E-state index in [1.54, 1.807) is 0 Å². The molecule has 0 fully saturated rings. The number of hydrogen-bond donors (Lipinski definition) is 3. The number of hydrogen-bond acceptors (Lipinski definition) is 3. The first kappa shape index (κ1) is 14.2. The molecule has 0 aromatic heterocycles. The molecule has 1 aromatic carbocycles. The highest BCUT2D eigenvalue weighted by Crippen LogP contribution is 2.03. The van der Waals surface area contributed by atoms with E-state index in [2.05, 4.69) is 5.32 Å². The summed E-state index contributed by atoms with van der Waals surface area (Å²) < 4.78 is 0. The highest BCUT2D eigenvalue weighted by molar-refractivity contribution is 5.82. The first-order chi connectivity index (χ1) is 8.59. The number of aryl methyl sites for hydroxylation is 1. The predicted molar refractivity (Wildman–Crippen MR) is 69.6 cm³/mol. The maximum atomic E-state index is 11.6. The molecule has 0 saturated carbocycles. The van der Waals surface area contributed by atoms with Crippen LogP contribution in [0.25, 0.3) is 0 Å². The van der Waals surface area contributed by atoms with E-state index < -0.39 is 11.9 Å². The first-order valence-electron chi connectivity index (χ1n) is 5.95. The van der Waals surface area contributed by atoms with E-state index in [0.717, 1.165) is 12.0 Å². The van der Waals surface area contributed by atoms with Crippen LogP contribution in [0.1, 0.15) is 18.4 Å². The molecule has 0 radical (unpaired) electrons. The minimum atomic E-state index is -0.557. The van der Waals surface area contributed by atoms with Gasteiger partial charge in [-0.1, -0.05) is 30.3 Å². The van der Waals surface area contributed by atoms with Crippen LogP contribution in [-0.2, 0) is 16.0 Å². The van der Waals surface area contributed by atoms with E-state index in [1.807, 2.05) is 30.3 Å². The fraction of sp³-hybridized carbons (Fsp3) is 0.385. The molecule has 1 rings (SSSR count). The zero-order valence-electron chi connectivity index (χ0n) is 10.3. The van der Waals surface area contributed by atoms with Gasteiger partial charge in [0.15, 0.2) is 0 Å². The summed E-state index contributed by atoms with van der Waals surface area (Å²) in [5, 5.41) is 2.59. The molecule has 5 nitrogen and oxygen atoms in total. The fourth-order valence-corrected chi connectivity index (χ4v) is 1.54. The molecule has 0 bridgehead atoms. The standard InChI is InChI=1S/C13H19N3O2/c14-11(13(18)16-9-8-12(15)17)7-6-10-4-2-1-3-5-10/h1-5,11H,6-9,14H2,(H2,15,17)(H,16,18). The van der Waals surface area contributed by atoms with Crippen LogP contribution in [-0.4, -0.2) is 24.4 Å². The Morgan fingerprint density at radius 1 is 1.22 bits per heavy atom. The fourth-order valence-electron chi connectivity index (χ4n) is 1.54. The van der Waals surface area contributed by atoms with Crippen molar-refractivity contribution < 1.29 is 9.59 Å². The lowest BCUT2D eigenvalue weighted by atomic mass is 10.1. The van der Waals surface area contributed by atoms with Crippen LogP contribution in [0.3, 0.4) is 0 Å². The van der Waals surface area contributed by atoms with Crippen LogP contribution in [0.2, 0.25) is 0 Å². The van der Waals surface area contributed by atoms with Crippen LogP contribution in [0.5, 0.6) is 0 Å². The molecule has 0 spiro atoms. The minimum absolute atomic E-state index is 0.136. The molecule has 1 unspecified atom stereocenters. The lowest BCUT2D eigenvalue weighted by Gasteiger charge is -2.11. The summed E-state index contributed by atoms with van der Waals surface area (Å²) in [7, 11) is 0. The van der Waals surface area contributed by atoms with Gasteiger partial charge in [0.1, 0.15) is 0 Å². The topological polar surface area (TPSA) is 98.2 Å². The molecule has 2 amide bonds. The summed E-state index contributed by atoms with van der Waals surface area (Å²) >= 11 is 0. The van der Waals surface area contributed by atoms with Gasteiger partial charge in [-0.15, -0.1) is 0 Å². The quantitative estimate of drug-likeness (QED) is 0.631. The van der Waals surface area contributed by atoms with Gasteiger partial charge in [-0.05, 0) is 18.4 Å². The molecule has 0 aliphatic heterocycles. The van der Waals surface area contributed by atoms with Crippen LogP contribution < -0.4 is 16.8 Å². The Kier molecular flexibility index (Phi) is 5.87. The maximum Gasteiger partial charge on any atom is 0.236 e. The van der Waals surface area contributed by atoms with Crippen LogP contribution in [0.4, 0.5) is 0 Å². The monoisotopic (exact) mass is 249 g/mol. The van der Waals surface area contributed by atoms with Crippen molar-refractivity contribution in [2.24, 2.45) is 11.5 Å². The van der Waals surface area contributed by atoms with Crippen molar-refractivity contribution in [2.75, 3.05) is 6.54 Å². The third kappa shape index (κ3) is 5.45. The van der Waals surface area contributed by atoms with E-state index in [-0.39, 0.29) is 18.9 Å². The summed E-state index contributed by atoms with van der Waals surface area (Å²) in [5.74, 6) is -0.680. The normalized spacial score (nSPS) is 11.8. The molecule has 98 valence electrons. The molecular formula is C13H19N3O2. The number of rotatable bonds is 7. The molecule has 5 N–H and O–H groups in total. The number of primary amides is 1. The maximum absolute atomic E-state index is 11.6. The molecule has 0 heterocycles. The third-order valence-corrected chi connectivity index (χ3v) is 2.59. The zero-order valence-corrected chi connectivity index (χ0v) is 10.3. The van der Waals surface area contributed by atoms with E-state index in [9.17, 15) is 9.59 Å². The Bertz CT molecular complexity index is 392. The Balaban J connectivity index is 2.25. The van der Waals surface area contributed by atoms with Gasteiger partial charge in [0.05, 0.1) is 6.04 Å². The van der Waals surface area contributed by atoms with Crippen molar-refractivity contribution in [3.63, 3.8) is 0 Å². The van der Waals surface area contributed by atoms with Crippen molar-refractivity contribution in [2.45, 2.75) is 25.3 Å². The molecular weight excluding hydrogens is 230 g/mol. The Hall–Kier alpha value is -1.88. The number of benzene rings is 1. The van der Waals surface area contributed by atoms with Gasteiger partial charge >= 0.3 is 0 Å². The highest BCUT2D eigenvalue weighted by atomic mass is 16.2. The Morgan fingerprint density at radius 3 is 2.50 bits per heavy atom. The van der Waals surface area contributed by atoms with Gasteiger partial charge in [0, 0.05) is 13.0 Å². The lowest BCUT2D eigenvalue weighted by Crippen LogP contribution is -2.41. The number of amides is 2. The van der Waals surface area contributed by atoms with Gasteiger partial charge in [0.25, 0.3) is 0 Å². The van der Waals surface area contributed by atoms with Crippen molar-refractivity contribution in [3.05, 3.63) is 35.9 Å². The smallest absolute Gasteiger partial charge is 0.236 e. The van der Waals surface area contributed by atoms with Gasteiger partial charge in [-0.2, -0.15) is 0 Å². The summed E-state index contributed by atoms with van der Waals surface area (Å²) in [6, 6.07) is 9.29. The number of carbonyl (C=O) groups excluding carboxylic acids is 2. The summed E-state index contributed by atoms with van der Waals surface area (Å²) in [6.07, 6.45) is 1.47. The van der Waals surface area contributed by atoms with Crippen LogP contribution >= 0.6 is 0 Å². The average Bonchev–Trinajstić information content (AvgIpc) is 2.36. The second kappa shape index (κ2) is 7.45. The Morgan fingerprint density at radius 2 is 1.89 bits per heavy atom. The summed E-state index contributed by atoms with van der Waals surface area (Å²) in [4.78, 5) is 22.1. The predicted octanol–water partition coefficient (Wildman–Crippen LogP) is -0.0619. The number of nitrogens with two attached hydrogens (primary N) is 2. The highest BCUT2D eigenvalue weighted by Gasteiger charge is 2.12. The average molecular weight is 249 g/mol. The van der Waals surface area contributed by atoms with Gasteiger partial charge < -0.3 is 16.8 Å². The van der Waals surface area contributed by atoms with E-state index in [1.165, 1.54) is 0 Å². The van der Waals surface area contributed by atoms with Gasteiger partial charge in [0.2, 0.25) is 11.8 Å². The second-order valence-electron chi connectivity index (χ2n) is 4.14. The molecule has 0 aliphatic rings. The van der Waals surface area contributed by atoms with Crippen LogP contribution in [0.15, 0.2) is 30.3 Å². The minimum Gasteiger partial charge on any atom is -0.370 e. The van der Waals surface area contributed by atoms with Crippen LogP contribution in [0, 0.1) is 0 Å².